The molecule has 0 saturated heterocycles. The molecule has 0 aliphatic rings. The molecule has 0 unspecified atom stereocenters. The number of hydrogen-bond acceptors (Lipinski definition) is 3. The van der Waals surface area contributed by atoms with Crippen molar-refractivity contribution in [2.24, 2.45) is 7.05 Å². The number of hydrogen-bond donors (Lipinski definition) is 1. The lowest BCUT2D eigenvalue weighted by molar-refractivity contribution is -0.308. The Hall–Kier alpha value is -3.08. The standard InChI is InChI=1S/C19H18N2O3/c1-12-8-9-15-14(10-12)11-16(21(15)2)18(22)20-17(19(23)24)13-6-4-3-5-7-13/h3-11,17H,1-2H3,(H,20,22)(H,23,24)/p-1/t17-/m1/s1. The molecule has 3 rings (SSSR count). The maximum absolute atomic E-state index is 12.6. The van der Waals surface area contributed by atoms with Crippen molar-refractivity contribution in [3.05, 3.63) is 71.4 Å². The summed E-state index contributed by atoms with van der Waals surface area (Å²) in [7, 11) is 1.78. The Morgan fingerprint density at radius 2 is 1.79 bits per heavy atom. The minimum Gasteiger partial charge on any atom is -0.548 e. The average molecular weight is 321 g/mol. The fourth-order valence-corrected chi connectivity index (χ4v) is 2.82. The van der Waals surface area contributed by atoms with Crippen molar-refractivity contribution in [1.29, 1.82) is 0 Å². The van der Waals surface area contributed by atoms with Crippen LogP contribution in [-0.2, 0) is 11.8 Å². The van der Waals surface area contributed by atoms with Crippen LogP contribution in [0.2, 0.25) is 0 Å². The van der Waals surface area contributed by atoms with Gasteiger partial charge in [0.2, 0.25) is 0 Å². The van der Waals surface area contributed by atoms with Gasteiger partial charge in [-0.25, -0.2) is 0 Å². The summed E-state index contributed by atoms with van der Waals surface area (Å²) in [5.74, 6) is -1.80. The number of benzene rings is 2. The van der Waals surface area contributed by atoms with Gasteiger partial charge in [-0.2, -0.15) is 0 Å². The lowest BCUT2D eigenvalue weighted by atomic mass is 10.1. The number of carbonyl (C=O) groups is 2. The smallest absolute Gasteiger partial charge is 0.268 e. The Labute approximate surface area is 139 Å². The molecule has 0 aliphatic heterocycles. The van der Waals surface area contributed by atoms with Gasteiger partial charge in [0.1, 0.15) is 5.69 Å². The predicted octanol–water partition coefficient (Wildman–Crippen LogP) is 1.71. The van der Waals surface area contributed by atoms with Crippen molar-refractivity contribution in [1.82, 2.24) is 9.88 Å². The highest BCUT2D eigenvalue weighted by molar-refractivity contribution is 6.00. The quantitative estimate of drug-likeness (QED) is 0.795. The topological polar surface area (TPSA) is 74.2 Å². The number of carboxylic acids is 1. The van der Waals surface area contributed by atoms with Crippen LogP contribution in [0.1, 0.15) is 27.7 Å². The van der Waals surface area contributed by atoms with Crippen LogP contribution in [0, 0.1) is 6.92 Å². The third kappa shape index (κ3) is 2.88. The van der Waals surface area contributed by atoms with Crippen molar-refractivity contribution >= 4 is 22.8 Å². The summed E-state index contributed by atoms with van der Waals surface area (Å²) >= 11 is 0. The Kier molecular flexibility index (Phi) is 4.08. The number of fused-ring (bicyclic) bond motifs is 1. The number of amides is 1. The predicted molar refractivity (Wildman–Crippen MR) is 89.3 cm³/mol. The van der Waals surface area contributed by atoms with Gasteiger partial charge in [0.05, 0.1) is 12.0 Å². The number of nitrogens with one attached hydrogen (secondary N) is 1. The van der Waals surface area contributed by atoms with Crippen molar-refractivity contribution < 1.29 is 14.7 Å². The van der Waals surface area contributed by atoms with E-state index in [1.807, 2.05) is 25.1 Å². The van der Waals surface area contributed by atoms with E-state index in [9.17, 15) is 14.7 Å². The van der Waals surface area contributed by atoms with E-state index in [2.05, 4.69) is 5.32 Å². The number of aliphatic carboxylic acids is 1. The molecule has 5 nitrogen and oxygen atoms in total. The zero-order valence-electron chi connectivity index (χ0n) is 13.4. The molecule has 1 amide bonds. The van der Waals surface area contributed by atoms with E-state index in [0.29, 0.717) is 11.3 Å². The van der Waals surface area contributed by atoms with Crippen molar-refractivity contribution in [2.75, 3.05) is 0 Å². The molecular formula is C19H17N2O3-. The van der Waals surface area contributed by atoms with E-state index < -0.39 is 17.9 Å². The summed E-state index contributed by atoms with van der Waals surface area (Å²) in [5.41, 5.74) is 2.88. The van der Waals surface area contributed by atoms with Crippen LogP contribution < -0.4 is 10.4 Å². The Morgan fingerprint density at radius 1 is 1.08 bits per heavy atom. The summed E-state index contributed by atoms with van der Waals surface area (Å²) in [6, 6.07) is 15.0. The molecule has 1 aromatic heterocycles. The highest BCUT2D eigenvalue weighted by atomic mass is 16.4. The molecule has 1 N–H and O–H groups in total. The van der Waals surface area contributed by atoms with Crippen LogP contribution in [0.15, 0.2) is 54.6 Å². The lowest BCUT2D eigenvalue weighted by Gasteiger charge is -2.20. The average Bonchev–Trinajstić information content (AvgIpc) is 2.89. The highest BCUT2D eigenvalue weighted by Crippen LogP contribution is 2.21. The zero-order chi connectivity index (χ0) is 17.3. The second kappa shape index (κ2) is 6.20. The van der Waals surface area contributed by atoms with Crippen LogP contribution in [0.25, 0.3) is 10.9 Å². The molecule has 0 saturated carbocycles. The summed E-state index contributed by atoms with van der Waals surface area (Å²) in [5, 5.41) is 14.9. The number of aryl methyl sites for hydroxylation is 2. The molecule has 1 atom stereocenters. The molecule has 0 fully saturated rings. The number of rotatable bonds is 4. The molecular weight excluding hydrogens is 304 g/mol. The third-order valence-corrected chi connectivity index (χ3v) is 4.07. The van der Waals surface area contributed by atoms with E-state index in [1.54, 1.807) is 48.0 Å². The highest BCUT2D eigenvalue weighted by Gasteiger charge is 2.19. The SMILES string of the molecule is Cc1ccc2c(c1)cc(C(=O)N[C@@H](C(=O)[O-])c1ccccc1)n2C. The first kappa shape index (κ1) is 15.8. The van der Waals surface area contributed by atoms with E-state index in [-0.39, 0.29) is 0 Å². The van der Waals surface area contributed by atoms with Gasteiger partial charge in [-0.3, -0.25) is 4.79 Å². The molecule has 122 valence electrons. The van der Waals surface area contributed by atoms with Gasteiger partial charge in [0.15, 0.2) is 0 Å². The first-order valence-corrected chi connectivity index (χ1v) is 7.60. The van der Waals surface area contributed by atoms with E-state index in [4.69, 9.17) is 0 Å². The van der Waals surface area contributed by atoms with Crippen molar-refractivity contribution in [3.8, 4) is 0 Å². The maximum atomic E-state index is 12.6. The number of nitrogens with zero attached hydrogens (tertiary/aromatic N) is 1. The minimum absolute atomic E-state index is 0.401. The van der Waals surface area contributed by atoms with E-state index in [1.165, 1.54) is 0 Å². The number of aromatic nitrogens is 1. The molecule has 0 aliphatic carbocycles. The second-order valence-corrected chi connectivity index (χ2v) is 5.79. The van der Waals surface area contributed by atoms with Gasteiger partial charge >= 0.3 is 0 Å². The van der Waals surface area contributed by atoms with Gasteiger partial charge in [-0.15, -0.1) is 0 Å². The van der Waals surface area contributed by atoms with Crippen molar-refractivity contribution in [3.63, 3.8) is 0 Å². The monoisotopic (exact) mass is 321 g/mol. The van der Waals surface area contributed by atoms with Gasteiger partial charge < -0.3 is 19.8 Å². The van der Waals surface area contributed by atoms with Crippen molar-refractivity contribution in [2.45, 2.75) is 13.0 Å². The van der Waals surface area contributed by atoms with Gasteiger partial charge in [0.25, 0.3) is 5.91 Å². The molecule has 1 heterocycles. The van der Waals surface area contributed by atoms with Crippen LogP contribution in [0.4, 0.5) is 0 Å². The van der Waals surface area contributed by atoms with Crippen LogP contribution in [-0.4, -0.2) is 16.4 Å². The number of carbonyl (C=O) groups excluding carboxylic acids is 2. The molecule has 3 aromatic rings. The van der Waals surface area contributed by atoms with Gasteiger partial charge in [-0.05, 0) is 30.7 Å². The van der Waals surface area contributed by atoms with Gasteiger partial charge in [0, 0.05) is 18.0 Å². The minimum atomic E-state index is -1.34. The van der Waals surface area contributed by atoms with E-state index >= 15 is 0 Å². The first-order chi connectivity index (χ1) is 11.5. The fraction of sp³-hybridized carbons (Fsp3) is 0.158. The lowest BCUT2D eigenvalue weighted by Crippen LogP contribution is -2.41. The van der Waals surface area contributed by atoms with E-state index in [0.717, 1.165) is 16.5 Å². The number of carboxylic acid groups (broad SMARTS) is 1. The molecule has 0 bridgehead atoms. The van der Waals surface area contributed by atoms with Gasteiger partial charge in [-0.1, -0.05) is 42.0 Å². The Morgan fingerprint density at radius 3 is 2.46 bits per heavy atom. The summed E-state index contributed by atoms with van der Waals surface area (Å²) < 4.78 is 1.75. The Balaban J connectivity index is 1.94. The van der Waals surface area contributed by atoms with Crippen LogP contribution >= 0.6 is 0 Å². The molecule has 24 heavy (non-hydrogen) atoms. The molecule has 5 heteroatoms. The summed E-state index contributed by atoms with van der Waals surface area (Å²) in [6.45, 7) is 1.98. The maximum Gasteiger partial charge on any atom is 0.268 e. The summed E-state index contributed by atoms with van der Waals surface area (Å²) in [6.07, 6.45) is 0. The third-order valence-electron chi connectivity index (χ3n) is 4.07. The largest absolute Gasteiger partial charge is 0.548 e. The first-order valence-electron chi connectivity index (χ1n) is 7.60. The second-order valence-electron chi connectivity index (χ2n) is 5.79. The Bertz CT molecular complexity index is 913. The van der Waals surface area contributed by atoms with Crippen LogP contribution in [0.5, 0.6) is 0 Å². The summed E-state index contributed by atoms with van der Waals surface area (Å²) in [4.78, 5) is 24.0. The molecule has 2 aromatic carbocycles. The molecule has 0 spiro atoms. The fourth-order valence-electron chi connectivity index (χ4n) is 2.82. The normalized spacial score (nSPS) is 12.1. The molecule has 0 radical (unpaired) electrons. The van der Waals surface area contributed by atoms with Crippen LogP contribution in [0.3, 0.4) is 0 Å². The zero-order valence-corrected chi connectivity index (χ0v) is 13.4.